The molecule has 1 aliphatic heterocycles. The van der Waals surface area contributed by atoms with Crippen molar-refractivity contribution >= 4 is 11.8 Å². The topological polar surface area (TPSA) is 46.2 Å². The van der Waals surface area contributed by atoms with Gasteiger partial charge in [0.25, 0.3) is 0 Å². The monoisotopic (exact) mass is 345 g/mol. The molecule has 5 unspecified atom stereocenters. The third-order valence-electron chi connectivity index (χ3n) is 7.91. The number of fused-ring (bicyclic) bond motifs is 1. The van der Waals surface area contributed by atoms with Gasteiger partial charge in [0.15, 0.2) is 0 Å². The second-order valence-electron chi connectivity index (χ2n) is 9.38. The van der Waals surface area contributed by atoms with Crippen molar-refractivity contribution in [1.29, 1.82) is 0 Å². The molecule has 0 spiro atoms. The molecule has 3 nitrogen and oxygen atoms in total. The van der Waals surface area contributed by atoms with Gasteiger partial charge in [-0.2, -0.15) is 0 Å². The van der Waals surface area contributed by atoms with Crippen LogP contribution >= 0.6 is 0 Å². The normalized spacial score (nSPS) is 40.5. The number of allylic oxidation sites excluding steroid dienone is 2. The standard InChI is InChI=1S/C22H35NO2/c1-6-8-9-16(7-2)14-22-17(18(24)23-19(22)25)20(5)10-12-21(22,13-11-20)15(3)4/h10,12,15-17H,6-9,11,13-14H2,1-5H3,(H,23,24,25). The van der Waals surface area contributed by atoms with Crippen LogP contribution in [-0.2, 0) is 9.59 Å². The van der Waals surface area contributed by atoms with Gasteiger partial charge in [-0.1, -0.05) is 72.5 Å². The maximum Gasteiger partial charge on any atom is 0.234 e. The van der Waals surface area contributed by atoms with Crippen molar-refractivity contribution in [3.8, 4) is 0 Å². The van der Waals surface area contributed by atoms with Crippen LogP contribution in [0.5, 0.6) is 0 Å². The third kappa shape index (κ3) is 2.37. The predicted molar refractivity (Wildman–Crippen MR) is 101 cm³/mol. The van der Waals surface area contributed by atoms with E-state index in [1.54, 1.807) is 0 Å². The molecule has 0 aromatic rings. The molecule has 4 aliphatic rings. The van der Waals surface area contributed by atoms with Crippen molar-refractivity contribution in [1.82, 2.24) is 5.32 Å². The molecule has 2 bridgehead atoms. The van der Waals surface area contributed by atoms with Crippen LogP contribution in [0, 0.1) is 34.0 Å². The zero-order valence-corrected chi connectivity index (χ0v) is 16.7. The van der Waals surface area contributed by atoms with Crippen LogP contribution in [-0.4, -0.2) is 11.8 Å². The van der Waals surface area contributed by atoms with Crippen molar-refractivity contribution in [2.45, 2.75) is 79.6 Å². The lowest BCUT2D eigenvalue weighted by Crippen LogP contribution is -2.62. The third-order valence-corrected chi connectivity index (χ3v) is 7.91. The van der Waals surface area contributed by atoms with Crippen LogP contribution < -0.4 is 5.32 Å². The van der Waals surface area contributed by atoms with Crippen LogP contribution in [0.1, 0.15) is 79.6 Å². The average molecular weight is 346 g/mol. The number of nitrogens with one attached hydrogen (secondary N) is 1. The Morgan fingerprint density at radius 2 is 1.92 bits per heavy atom. The summed E-state index contributed by atoms with van der Waals surface area (Å²) in [7, 11) is 0. The lowest BCUT2D eigenvalue weighted by molar-refractivity contribution is -0.162. The predicted octanol–water partition coefficient (Wildman–Crippen LogP) is 4.86. The van der Waals surface area contributed by atoms with E-state index >= 15 is 0 Å². The van der Waals surface area contributed by atoms with Gasteiger partial charge in [-0.05, 0) is 36.5 Å². The number of amides is 2. The Balaban J connectivity index is 2.11. The van der Waals surface area contributed by atoms with Crippen LogP contribution in [0.4, 0.5) is 0 Å². The Labute approximate surface area is 153 Å². The second kappa shape index (κ2) is 6.25. The minimum atomic E-state index is -0.547. The first kappa shape index (κ1) is 18.7. The van der Waals surface area contributed by atoms with Crippen molar-refractivity contribution in [3.63, 3.8) is 0 Å². The fourth-order valence-corrected chi connectivity index (χ4v) is 6.38. The molecular formula is C22H35NO2. The summed E-state index contributed by atoms with van der Waals surface area (Å²) in [5, 5.41) is 2.77. The highest BCUT2D eigenvalue weighted by atomic mass is 16.2. The average Bonchev–Trinajstić information content (AvgIpc) is 2.85. The molecule has 2 fully saturated rings. The van der Waals surface area contributed by atoms with Crippen LogP contribution in [0.25, 0.3) is 0 Å². The minimum Gasteiger partial charge on any atom is -0.296 e. The lowest BCUT2D eigenvalue weighted by Gasteiger charge is -2.62. The molecule has 1 N–H and O–H groups in total. The number of hydrogen-bond acceptors (Lipinski definition) is 2. The van der Waals surface area contributed by atoms with Crippen molar-refractivity contribution in [2.75, 3.05) is 0 Å². The van der Waals surface area contributed by atoms with Crippen LogP contribution in [0.3, 0.4) is 0 Å². The first-order valence-corrected chi connectivity index (χ1v) is 10.3. The Kier molecular flexibility index (Phi) is 4.66. The quantitative estimate of drug-likeness (QED) is 0.529. The summed E-state index contributed by atoms with van der Waals surface area (Å²) in [6.45, 7) is 11.1. The van der Waals surface area contributed by atoms with E-state index in [4.69, 9.17) is 0 Å². The molecular weight excluding hydrogens is 310 g/mol. The number of hydrogen-bond donors (Lipinski definition) is 1. The minimum absolute atomic E-state index is 0.0152. The fraction of sp³-hybridized carbons (Fsp3) is 0.818. The number of rotatable bonds is 7. The van der Waals surface area contributed by atoms with Crippen LogP contribution in [0.15, 0.2) is 12.2 Å². The molecule has 3 heteroatoms. The molecule has 0 radical (unpaired) electrons. The van der Waals surface area contributed by atoms with E-state index in [0.717, 1.165) is 32.1 Å². The first-order valence-electron chi connectivity index (χ1n) is 10.3. The summed E-state index contributed by atoms with van der Waals surface area (Å²) in [5.41, 5.74) is -0.893. The molecule has 2 amide bonds. The number of carbonyl (C=O) groups is 2. The van der Waals surface area contributed by atoms with Gasteiger partial charge in [-0.25, -0.2) is 0 Å². The summed E-state index contributed by atoms with van der Waals surface area (Å²) in [6, 6.07) is 0. The van der Waals surface area contributed by atoms with Gasteiger partial charge >= 0.3 is 0 Å². The number of imide groups is 1. The van der Waals surface area contributed by atoms with Crippen molar-refractivity contribution in [2.24, 2.45) is 34.0 Å². The molecule has 0 aromatic carbocycles. The van der Waals surface area contributed by atoms with Gasteiger partial charge in [-0.15, -0.1) is 0 Å². The van der Waals surface area contributed by atoms with Gasteiger partial charge in [-0.3, -0.25) is 14.9 Å². The highest BCUT2D eigenvalue weighted by Crippen LogP contribution is 2.71. The summed E-state index contributed by atoms with van der Waals surface area (Å²) < 4.78 is 0. The Bertz CT molecular complexity index is 595. The molecule has 1 saturated carbocycles. The fourth-order valence-electron chi connectivity index (χ4n) is 6.38. The van der Waals surface area contributed by atoms with Gasteiger partial charge in [0.2, 0.25) is 11.8 Å². The second-order valence-corrected chi connectivity index (χ2v) is 9.38. The van der Waals surface area contributed by atoms with Gasteiger partial charge in [0.05, 0.1) is 11.3 Å². The summed E-state index contributed by atoms with van der Waals surface area (Å²) in [5.74, 6) is 0.681. The van der Waals surface area contributed by atoms with E-state index in [1.807, 2.05) is 0 Å². The number of carbonyl (C=O) groups excluding carboxylic acids is 2. The summed E-state index contributed by atoms with van der Waals surface area (Å²) in [4.78, 5) is 26.2. The summed E-state index contributed by atoms with van der Waals surface area (Å²) in [6.07, 6.45) is 12.2. The van der Waals surface area contributed by atoms with Gasteiger partial charge < -0.3 is 0 Å². The first-order chi connectivity index (χ1) is 11.8. The Morgan fingerprint density at radius 3 is 2.44 bits per heavy atom. The van der Waals surface area contributed by atoms with E-state index in [1.165, 1.54) is 12.8 Å². The van der Waals surface area contributed by atoms with Crippen LogP contribution in [0.2, 0.25) is 0 Å². The Morgan fingerprint density at radius 1 is 1.20 bits per heavy atom. The lowest BCUT2D eigenvalue weighted by atomic mass is 9.38. The van der Waals surface area contributed by atoms with Crippen molar-refractivity contribution < 1.29 is 9.59 Å². The highest BCUT2D eigenvalue weighted by Gasteiger charge is 2.73. The zero-order chi connectivity index (χ0) is 18.5. The van der Waals surface area contributed by atoms with Gasteiger partial charge in [0, 0.05) is 5.41 Å². The van der Waals surface area contributed by atoms with E-state index in [9.17, 15) is 9.59 Å². The molecule has 25 heavy (non-hydrogen) atoms. The number of unbranched alkanes of at least 4 members (excludes halogenated alkanes) is 1. The van der Waals surface area contributed by atoms with E-state index in [0.29, 0.717) is 11.8 Å². The smallest absolute Gasteiger partial charge is 0.234 e. The molecule has 5 atom stereocenters. The summed E-state index contributed by atoms with van der Waals surface area (Å²) >= 11 is 0. The molecule has 4 rings (SSSR count). The SMILES string of the molecule is CCCCC(CC)CC12C(=O)NC(=O)C1C1(C)C=CC2(C(C)C)CC1. The maximum absolute atomic E-state index is 13.3. The molecule has 1 saturated heterocycles. The largest absolute Gasteiger partial charge is 0.296 e. The Hall–Kier alpha value is -1.12. The van der Waals surface area contributed by atoms with E-state index < -0.39 is 5.41 Å². The molecule has 0 aromatic heterocycles. The van der Waals surface area contributed by atoms with E-state index in [2.05, 4.69) is 52.1 Å². The van der Waals surface area contributed by atoms with Gasteiger partial charge in [0.1, 0.15) is 0 Å². The molecule has 1 heterocycles. The highest BCUT2D eigenvalue weighted by molar-refractivity contribution is 6.09. The molecule has 140 valence electrons. The van der Waals surface area contributed by atoms with Crippen molar-refractivity contribution in [3.05, 3.63) is 12.2 Å². The maximum atomic E-state index is 13.3. The van der Waals surface area contributed by atoms with E-state index in [-0.39, 0.29) is 28.6 Å². The molecule has 3 aliphatic carbocycles. The zero-order valence-electron chi connectivity index (χ0n) is 16.7.